The quantitative estimate of drug-likeness (QED) is 0.478. The van der Waals surface area contributed by atoms with Gasteiger partial charge < -0.3 is 4.42 Å². The number of aryl methyl sites for hydroxylation is 2. The van der Waals surface area contributed by atoms with Crippen LogP contribution in [0.25, 0.3) is 6.08 Å². The average molecular weight is 257 g/mol. The number of ketones is 1. The molecule has 2 aromatic heterocycles. The van der Waals surface area contributed by atoms with Gasteiger partial charge in [-0.1, -0.05) is 0 Å². The van der Waals surface area contributed by atoms with E-state index in [1.165, 1.54) is 17.6 Å². The highest BCUT2D eigenvalue weighted by Gasteiger charge is 2.16. The molecular weight excluding hydrogens is 246 g/mol. The third-order valence-corrected chi connectivity index (χ3v) is 3.61. The number of Topliss-reactive ketones (excluding diaryl/α,β-unsaturated/α-hetero) is 1. The molecule has 18 heavy (non-hydrogen) atoms. The van der Waals surface area contributed by atoms with Gasteiger partial charge in [0.25, 0.3) is 0 Å². The van der Waals surface area contributed by atoms with Gasteiger partial charge in [-0.3, -0.25) is 4.79 Å². The summed E-state index contributed by atoms with van der Waals surface area (Å²) in [6.07, 6.45) is 3.09. The first-order valence-corrected chi connectivity index (χ1v) is 6.26. The second-order valence-corrected chi connectivity index (χ2v) is 4.80. The Morgan fingerprint density at radius 1 is 1.44 bits per heavy atom. The summed E-state index contributed by atoms with van der Waals surface area (Å²) in [5.74, 6) is 0.237. The summed E-state index contributed by atoms with van der Waals surface area (Å²) in [6, 6.07) is 5.50. The van der Waals surface area contributed by atoms with Gasteiger partial charge >= 0.3 is 0 Å². The van der Waals surface area contributed by atoms with Crippen molar-refractivity contribution in [1.82, 2.24) is 0 Å². The molecule has 0 spiro atoms. The van der Waals surface area contributed by atoms with E-state index in [-0.39, 0.29) is 11.4 Å². The monoisotopic (exact) mass is 257 g/mol. The molecule has 0 fully saturated rings. The van der Waals surface area contributed by atoms with Crippen LogP contribution in [-0.2, 0) is 0 Å². The van der Waals surface area contributed by atoms with Gasteiger partial charge in [-0.2, -0.15) is 5.26 Å². The first-order chi connectivity index (χ1) is 8.63. The Hall–Kier alpha value is -2.12. The van der Waals surface area contributed by atoms with Gasteiger partial charge in [0.2, 0.25) is 5.78 Å². The van der Waals surface area contributed by atoms with Gasteiger partial charge in [-0.15, -0.1) is 11.3 Å². The molecule has 0 aliphatic heterocycles. The molecule has 0 bridgehead atoms. The summed E-state index contributed by atoms with van der Waals surface area (Å²) < 4.78 is 5.08. The van der Waals surface area contributed by atoms with Gasteiger partial charge in [-0.25, -0.2) is 0 Å². The molecule has 2 aromatic rings. The van der Waals surface area contributed by atoms with Crippen LogP contribution in [-0.4, -0.2) is 5.78 Å². The van der Waals surface area contributed by atoms with Crippen molar-refractivity contribution in [1.29, 1.82) is 5.26 Å². The summed E-state index contributed by atoms with van der Waals surface area (Å²) in [4.78, 5) is 13.1. The molecule has 0 unspecified atom stereocenters. The summed E-state index contributed by atoms with van der Waals surface area (Å²) in [7, 11) is 0. The zero-order chi connectivity index (χ0) is 13.1. The Labute approximate surface area is 109 Å². The Kier molecular flexibility index (Phi) is 3.45. The molecule has 4 heteroatoms. The first-order valence-electron chi connectivity index (χ1n) is 5.38. The number of hydrogen-bond acceptors (Lipinski definition) is 4. The predicted octanol–water partition coefficient (Wildman–Crippen LogP) is 3.75. The van der Waals surface area contributed by atoms with E-state index in [1.807, 2.05) is 24.4 Å². The summed E-state index contributed by atoms with van der Waals surface area (Å²) in [5.41, 5.74) is 1.63. The van der Waals surface area contributed by atoms with E-state index in [1.54, 1.807) is 19.1 Å². The molecule has 0 aliphatic rings. The number of carbonyl (C=O) groups is 1. The number of nitrogens with zero attached hydrogens (tertiary/aromatic N) is 1. The van der Waals surface area contributed by atoms with Crippen LogP contribution in [0.1, 0.15) is 26.6 Å². The number of hydrogen-bond donors (Lipinski definition) is 0. The molecule has 0 saturated heterocycles. The fourth-order valence-corrected chi connectivity index (χ4v) is 2.44. The molecule has 0 saturated carbocycles. The number of rotatable bonds is 3. The molecule has 0 atom stereocenters. The molecule has 3 nitrogen and oxygen atoms in total. The molecule has 90 valence electrons. The van der Waals surface area contributed by atoms with Gasteiger partial charge in [0.1, 0.15) is 17.4 Å². The summed E-state index contributed by atoms with van der Waals surface area (Å²) in [6.45, 7) is 3.66. The van der Waals surface area contributed by atoms with Crippen molar-refractivity contribution in [2.24, 2.45) is 0 Å². The molecular formula is C14H11NO2S. The van der Waals surface area contributed by atoms with Gasteiger partial charge in [-0.05, 0) is 43.0 Å². The maximum absolute atomic E-state index is 12.1. The van der Waals surface area contributed by atoms with E-state index in [9.17, 15) is 4.79 Å². The third-order valence-electron chi connectivity index (χ3n) is 2.65. The van der Waals surface area contributed by atoms with E-state index in [0.29, 0.717) is 11.3 Å². The molecule has 0 aliphatic carbocycles. The number of nitriles is 1. The van der Waals surface area contributed by atoms with Crippen LogP contribution < -0.4 is 0 Å². The lowest BCUT2D eigenvalue weighted by Gasteiger charge is -1.97. The predicted molar refractivity (Wildman–Crippen MR) is 70.4 cm³/mol. The minimum absolute atomic E-state index is 0.130. The number of carbonyl (C=O) groups excluding carboxylic acids is 1. The van der Waals surface area contributed by atoms with Crippen molar-refractivity contribution in [3.8, 4) is 6.07 Å². The highest BCUT2D eigenvalue weighted by atomic mass is 32.1. The minimum Gasteiger partial charge on any atom is -0.469 e. The van der Waals surface area contributed by atoms with Crippen molar-refractivity contribution in [3.63, 3.8) is 0 Å². The smallest absolute Gasteiger partial charge is 0.207 e. The number of allylic oxidation sites excluding steroid dienone is 1. The topological polar surface area (TPSA) is 54.0 Å². The molecule has 2 rings (SSSR count). The normalized spacial score (nSPS) is 11.3. The zero-order valence-electron chi connectivity index (χ0n) is 10.1. The van der Waals surface area contributed by atoms with Crippen LogP contribution >= 0.6 is 11.3 Å². The highest BCUT2D eigenvalue weighted by molar-refractivity contribution is 7.11. The first kappa shape index (κ1) is 12.3. The average Bonchev–Trinajstić information content (AvgIpc) is 2.94. The molecule has 0 N–H and O–H groups in total. The van der Waals surface area contributed by atoms with Crippen LogP contribution in [0.5, 0.6) is 0 Å². The van der Waals surface area contributed by atoms with Crippen LogP contribution in [0, 0.1) is 25.2 Å². The van der Waals surface area contributed by atoms with Crippen LogP contribution in [0.2, 0.25) is 0 Å². The van der Waals surface area contributed by atoms with E-state index in [2.05, 4.69) is 0 Å². The SMILES string of the molecule is Cc1ccsc1/C=C(\C#N)C(=O)c1ccoc1C. The van der Waals surface area contributed by atoms with E-state index >= 15 is 0 Å². The lowest BCUT2D eigenvalue weighted by Crippen LogP contribution is -2.01. The van der Waals surface area contributed by atoms with Crippen LogP contribution in [0.15, 0.2) is 33.8 Å². The van der Waals surface area contributed by atoms with Crippen molar-refractivity contribution in [2.45, 2.75) is 13.8 Å². The Morgan fingerprint density at radius 3 is 2.72 bits per heavy atom. The van der Waals surface area contributed by atoms with Crippen molar-refractivity contribution in [3.05, 3.63) is 51.1 Å². The van der Waals surface area contributed by atoms with E-state index in [4.69, 9.17) is 9.68 Å². The number of thiophene rings is 1. The van der Waals surface area contributed by atoms with Crippen molar-refractivity contribution >= 4 is 23.2 Å². The Balaban J connectivity index is 2.40. The van der Waals surface area contributed by atoms with E-state index < -0.39 is 0 Å². The second-order valence-electron chi connectivity index (χ2n) is 3.86. The van der Waals surface area contributed by atoms with Gasteiger partial charge in [0.05, 0.1) is 11.8 Å². The zero-order valence-corrected chi connectivity index (χ0v) is 10.9. The maximum atomic E-state index is 12.1. The van der Waals surface area contributed by atoms with Gasteiger partial charge in [0, 0.05) is 4.88 Å². The lowest BCUT2D eigenvalue weighted by molar-refractivity contribution is 0.103. The summed E-state index contributed by atoms with van der Waals surface area (Å²) in [5, 5.41) is 11.0. The van der Waals surface area contributed by atoms with E-state index in [0.717, 1.165) is 10.4 Å². The third kappa shape index (κ3) is 2.27. The minimum atomic E-state index is -0.295. The lowest BCUT2D eigenvalue weighted by atomic mass is 10.0. The fourth-order valence-electron chi connectivity index (χ4n) is 1.58. The molecule has 0 radical (unpaired) electrons. The number of furan rings is 1. The van der Waals surface area contributed by atoms with Crippen molar-refractivity contribution in [2.75, 3.05) is 0 Å². The highest BCUT2D eigenvalue weighted by Crippen LogP contribution is 2.21. The fraction of sp³-hybridized carbons (Fsp3) is 0.143. The molecule has 0 aromatic carbocycles. The van der Waals surface area contributed by atoms with Gasteiger partial charge in [0.15, 0.2) is 0 Å². The van der Waals surface area contributed by atoms with Crippen LogP contribution in [0.3, 0.4) is 0 Å². The molecule has 0 amide bonds. The van der Waals surface area contributed by atoms with Crippen LogP contribution in [0.4, 0.5) is 0 Å². The van der Waals surface area contributed by atoms with Crippen molar-refractivity contribution < 1.29 is 9.21 Å². The largest absolute Gasteiger partial charge is 0.469 e. The standard InChI is InChI=1S/C14H11NO2S/c1-9-4-6-18-13(9)7-11(8-15)14(16)12-3-5-17-10(12)2/h3-7H,1-2H3/b11-7+. The maximum Gasteiger partial charge on any atom is 0.207 e. The Bertz CT molecular complexity index is 655. The second kappa shape index (κ2) is 5.03. The summed E-state index contributed by atoms with van der Waals surface area (Å²) >= 11 is 1.51. The Morgan fingerprint density at radius 2 is 2.22 bits per heavy atom. The molecule has 2 heterocycles.